The lowest BCUT2D eigenvalue weighted by atomic mass is 10.1. The molecule has 0 bridgehead atoms. The minimum Gasteiger partial charge on any atom is -0.506 e. The van der Waals surface area contributed by atoms with Crippen molar-refractivity contribution in [3.63, 3.8) is 0 Å². The van der Waals surface area contributed by atoms with Crippen molar-refractivity contribution in [3.8, 4) is 5.75 Å². The second kappa shape index (κ2) is 6.28. The summed E-state index contributed by atoms with van der Waals surface area (Å²) < 4.78 is 0. The molecule has 2 rings (SSSR count). The fourth-order valence-electron chi connectivity index (χ4n) is 1.73. The zero-order chi connectivity index (χ0) is 15.4. The van der Waals surface area contributed by atoms with E-state index in [9.17, 15) is 14.7 Å². The molecule has 0 atom stereocenters. The van der Waals surface area contributed by atoms with Crippen LogP contribution in [0.2, 0.25) is 5.02 Å². The van der Waals surface area contributed by atoms with Gasteiger partial charge in [0.15, 0.2) is 0 Å². The lowest BCUT2D eigenvalue weighted by Crippen LogP contribution is -2.11. The number of phenols is 1. The van der Waals surface area contributed by atoms with Crippen LogP contribution in [-0.2, 0) is 11.2 Å². The third kappa shape index (κ3) is 3.97. The Hall–Kier alpha value is -2.53. The molecule has 2 aromatic carbocycles. The monoisotopic (exact) mass is 305 g/mol. The van der Waals surface area contributed by atoms with Crippen molar-refractivity contribution >= 4 is 29.2 Å². The maximum absolute atomic E-state index is 12.0. The van der Waals surface area contributed by atoms with Gasteiger partial charge in [-0.3, -0.25) is 9.59 Å². The van der Waals surface area contributed by atoms with E-state index in [0.717, 1.165) is 0 Å². The van der Waals surface area contributed by atoms with Crippen LogP contribution in [0.5, 0.6) is 5.75 Å². The number of phenolic OH excluding ortho intramolecular Hbond substituents is 1. The third-order valence-electron chi connectivity index (χ3n) is 2.78. The first-order chi connectivity index (χ1) is 9.95. The third-order valence-corrected chi connectivity index (χ3v) is 3.08. The highest BCUT2D eigenvalue weighted by molar-refractivity contribution is 6.32. The molecule has 1 amide bonds. The molecule has 0 radical (unpaired) electrons. The molecule has 0 saturated carbocycles. The number of carboxylic acid groups (broad SMARTS) is 1. The molecule has 5 nitrogen and oxygen atoms in total. The fourth-order valence-corrected chi connectivity index (χ4v) is 1.91. The minimum absolute atomic E-state index is 0.0677. The highest BCUT2D eigenvalue weighted by Gasteiger charge is 2.09. The summed E-state index contributed by atoms with van der Waals surface area (Å²) in [5, 5.41) is 20.7. The van der Waals surface area contributed by atoms with E-state index in [1.807, 2.05) is 0 Å². The molecule has 6 heteroatoms. The number of rotatable bonds is 4. The SMILES string of the molecule is O=C(O)Cc1ccc(NC(=O)c2ccc(O)c(Cl)c2)cc1. The zero-order valence-corrected chi connectivity index (χ0v) is 11.6. The van der Waals surface area contributed by atoms with E-state index in [2.05, 4.69) is 5.32 Å². The van der Waals surface area contributed by atoms with Gasteiger partial charge >= 0.3 is 5.97 Å². The van der Waals surface area contributed by atoms with Crippen LogP contribution in [0.15, 0.2) is 42.5 Å². The second-order valence-corrected chi connectivity index (χ2v) is 4.79. The number of benzene rings is 2. The molecule has 0 aliphatic heterocycles. The average Bonchev–Trinajstić information content (AvgIpc) is 2.43. The van der Waals surface area contributed by atoms with Gasteiger partial charge in [-0.05, 0) is 35.9 Å². The van der Waals surface area contributed by atoms with Crippen molar-refractivity contribution in [2.45, 2.75) is 6.42 Å². The first-order valence-electron chi connectivity index (χ1n) is 6.06. The summed E-state index contributed by atoms with van der Waals surface area (Å²) >= 11 is 5.74. The van der Waals surface area contributed by atoms with Gasteiger partial charge in [0.25, 0.3) is 5.91 Å². The summed E-state index contributed by atoms with van der Waals surface area (Å²) in [5.74, 6) is -1.38. The van der Waals surface area contributed by atoms with Crippen molar-refractivity contribution in [3.05, 3.63) is 58.6 Å². The maximum Gasteiger partial charge on any atom is 0.307 e. The van der Waals surface area contributed by atoms with Crippen molar-refractivity contribution in [2.24, 2.45) is 0 Å². The molecule has 0 spiro atoms. The van der Waals surface area contributed by atoms with E-state index in [-0.39, 0.29) is 23.1 Å². The number of carbonyl (C=O) groups is 2. The van der Waals surface area contributed by atoms with Crippen molar-refractivity contribution in [2.75, 3.05) is 5.32 Å². The van der Waals surface area contributed by atoms with Gasteiger partial charge in [0.05, 0.1) is 11.4 Å². The van der Waals surface area contributed by atoms with E-state index in [4.69, 9.17) is 16.7 Å². The number of aromatic hydroxyl groups is 1. The molecular weight excluding hydrogens is 294 g/mol. The highest BCUT2D eigenvalue weighted by Crippen LogP contribution is 2.24. The van der Waals surface area contributed by atoms with Gasteiger partial charge < -0.3 is 15.5 Å². The molecule has 0 unspecified atom stereocenters. The zero-order valence-electron chi connectivity index (χ0n) is 10.8. The van der Waals surface area contributed by atoms with E-state index >= 15 is 0 Å². The Labute approximate surface area is 125 Å². The lowest BCUT2D eigenvalue weighted by Gasteiger charge is -2.07. The van der Waals surface area contributed by atoms with Gasteiger partial charge in [-0.15, -0.1) is 0 Å². The number of hydrogen-bond acceptors (Lipinski definition) is 3. The van der Waals surface area contributed by atoms with Crippen LogP contribution >= 0.6 is 11.6 Å². The summed E-state index contributed by atoms with van der Waals surface area (Å²) in [4.78, 5) is 22.6. The summed E-state index contributed by atoms with van der Waals surface area (Å²) in [5.41, 5.74) is 1.50. The van der Waals surface area contributed by atoms with Gasteiger partial charge in [0, 0.05) is 11.3 Å². The largest absolute Gasteiger partial charge is 0.506 e. The quantitative estimate of drug-likeness (QED) is 0.810. The molecule has 0 saturated heterocycles. The normalized spacial score (nSPS) is 10.1. The number of anilines is 1. The standard InChI is InChI=1S/C15H12ClNO4/c16-12-8-10(3-6-13(12)18)15(21)17-11-4-1-9(2-5-11)7-14(19)20/h1-6,8,18H,7H2,(H,17,21)(H,19,20). The number of halogens is 1. The van der Waals surface area contributed by atoms with Gasteiger partial charge in [0.1, 0.15) is 5.75 Å². The van der Waals surface area contributed by atoms with Crippen molar-refractivity contribution < 1.29 is 19.8 Å². The summed E-state index contributed by atoms with van der Waals surface area (Å²) in [6, 6.07) is 10.7. The molecule has 0 aromatic heterocycles. The van der Waals surface area contributed by atoms with E-state index in [1.165, 1.54) is 18.2 Å². The number of hydrogen-bond donors (Lipinski definition) is 3. The molecule has 3 N–H and O–H groups in total. The number of carbonyl (C=O) groups excluding carboxylic acids is 1. The number of amides is 1. The summed E-state index contributed by atoms with van der Waals surface area (Å²) in [6.45, 7) is 0. The predicted molar refractivity (Wildman–Crippen MR) is 78.9 cm³/mol. The lowest BCUT2D eigenvalue weighted by molar-refractivity contribution is -0.136. The Bertz CT molecular complexity index is 683. The van der Waals surface area contributed by atoms with Gasteiger partial charge in [-0.2, -0.15) is 0 Å². The van der Waals surface area contributed by atoms with Gasteiger partial charge in [-0.1, -0.05) is 23.7 Å². The Morgan fingerprint density at radius 1 is 1.10 bits per heavy atom. The van der Waals surface area contributed by atoms with Crippen LogP contribution in [-0.4, -0.2) is 22.1 Å². The van der Waals surface area contributed by atoms with Crippen molar-refractivity contribution in [1.29, 1.82) is 0 Å². The van der Waals surface area contributed by atoms with Gasteiger partial charge in [-0.25, -0.2) is 0 Å². The number of nitrogens with one attached hydrogen (secondary N) is 1. The van der Waals surface area contributed by atoms with Crippen LogP contribution < -0.4 is 5.32 Å². The maximum atomic E-state index is 12.0. The highest BCUT2D eigenvalue weighted by atomic mass is 35.5. The topological polar surface area (TPSA) is 86.6 Å². The molecule has 0 aliphatic rings. The van der Waals surface area contributed by atoms with E-state index in [1.54, 1.807) is 24.3 Å². The Kier molecular flexibility index (Phi) is 4.45. The fraction of sp³-hybridized carbons (Fsp3) is 0.0667. The first kappa shape index (κ1) is 14.9. The molecular formula is C15H12ClNO4. The molecule has 108 valence electrons. The second-order valence-electron chi connectivity index (χ2n) is 4.39. The molecule has 2 aromatic rings. The van der Waals surface area contributed by atoms with Crippen LogP contribution in [0, 0.1) is 0 Å². The molecule has 0 heterocycles. The average molecular weight is 306 g/mol. The minimum atomic E-state index is -0.912. The molecule has 0 fully saturated rings. The summed E-state index contributed by atoms with van der Waals surface area (Å²) in [6.07, 6.45) is -0.0677. The first-order valence-corrected chi connectivity index (χ1v) is 6.44. The smallest absolute Gasteiger partial charge is 0.307 e. The van der Waals surface area contributed by atoms with E-state index in [0.29, 0.717) is 16.8 Å². The van der Waals surface area contributed by atoms with Crippen LogP contribution in [0.25, 0.3) is 0 Å². The van der Waals surface area contributed by atoms with Crippen molar-refractivity contribution in [1.82, 2.24) is 0 Å². The Balaban J connectivity index is 2.08. The number of aliphatic carboxylic acids is 1. The predicted octanol–water partition coefficient (Wildman–Crippen LogP) is 2.93. The Morgan fingerprint density at radius 2 is 1.76 bits per heavy atom. The molecule has 0 aliphatic carbocycles. The number of carboxylic acids is 1. The van der Waals surface area contributed by atoms with Crippen LogP contribution in [0.3, 0.4) is 0 Å². The van der Waals surface area contributed by atoms with Gasteiger partial charge in [0.2, 0.25) is 0 Å². The summed E-state index contributed by atoms with van der Waals surface area (Å²) in [7, 11) is 0. The Morgan fingerprint density at radius 3 is 2.33 bits per heavy atom. The molecule has 21 heavy (non-hydrogen) atoms. The van der Waals surface area contributed by atoms with Crippen LogP contribution in [0.4, 0.5) is 5.69 Å². The van der Waals surface area contributed by atoms with Crippen LogP contribution in [0.1, 0.15) is 15.9 Å². The van der Waals surface area contributed by atoms with E-state index < -0.39 is 5.97 Å².